The molecule has 10 nitrogen and oxygen atoms in total. The third-order valence-corrected chi connectivity index (χ3v) is 10.6. The molecule has 0 radical (unpaired) electrons. The van der Waals surface area contributed by atoms with Gasteiger partial charge in [0, 0.05) is 26.6 Å². The van der Waals surface area contributed by atoms with Gasteiger partial charge in [0.25, 0.3) is 0 Å². The first-order valence-electron chi connectivity index (χ1n) is 17.3. The average Bonchev–Trinajstić information content (AvgIpc) is 3.77. The largest absolute Gasteiger partial charge is 0.455 e. The van der Waals surface area contributed by atoms with Crippen molar-refractivity contribution in [2.45, 2.75) is 88.4 Å². The Morgan fingerprint density at radius 2 is 1.78 bits per heavy atom. The van der Waals surface area contributed by atoms with Gasteiger partial charge in [-0.2, -0.15) is 0 Å². The highest BCUT2D eigenvalue weighted by atomic mass is 16.6. The van der Waals surface area contributed by atoms with Crippen molar-refractivity contribution in [3.8, 4) is 0 Å². The second-order valence-corrected chi connectivity index (χ2v) is 13.4. The molecule has 2 aromatic rings. The summed E-state index contributed by atoms with van der Waals surface area (Å²) in [6.07, 6.45) is 4.01. The van der Waals surface area contributed by atoms with Crippen LogP contribution in [0.15, 0.2) is 86.0 Å². The van der Waals surface area contributed by atoms with Crippen LogP contribution < -0.4 is 0 Å². The van der Waals surface area contributed by atoms with Crippen molar-refractivity contribution in [1.29, 1.82) is 0 Å². The first-order valence-corrected chi connectivity index (χ1v) is 17.3. The Balaban J connectivity index is 1.48. The monoisotopic (exact) mass is 671 g/mol. The second kappa shape index (κ2) is 15.5. The highest BCUT2D eigenvalue weighted by Gasteiger charge is 2.75. The number of carbonyl (C=O) groups excluding carboxylic acids is 4. The Kier molecular flexibility index (Phi) is 11.4. The van der Waals surface area contributed by atoms with E-state index in [-0.39, 0.29) is 37.3 Å². The first-order chi connectivity index (χ1) is 23.6. The van der Waals surface area contributed by atoms with Crippen LogP contribution in [0.3, 0.4) is 0 Å². The quantitative estimate of drug-likeness (QED) is 0.207. The van der Waals surface area contributed by atoms with Crippen LogP contribution in [0.25, 0.3) is 0 Å². The predicted molar refractivity (Wildman–Crippen MR) is 185 cm³/mol. The normalized spacial score (nSPS) is 25.6. The van der Waals surface area contributed by atoms with E-state index in [4.69, 9.17) is 9.47 Å². The lowest BCUT2D eigenvalue weighted by molar-refractivity contribution is -0.165. The number of likely N-dealkylation sites (tertiary alicyclic amines) is 1. The fourth-order valence-corrected chi connectivity index (χ4v) is 7.93. The number of nitrogens with zero attached hydrogens (tertiary/aromatic N) is 3. The summed E-state index contributed by atoms with van der Waals surface area (Å²) in [6, 6.07) is 16.6. The minimum atomic E-state index is -1.26. The van der Waals surface area contributed by atoms with Gasteiger partial charge in [0.1, 0.15) is 17.7 Å². The molecule has 3 amide bonds. The number of fused-ring (bicyclic) bond motifs is 1. The smallest absolute Gasteiger partial charge is 0.313 e. The lowest BCUT2D eigenvalue weighted by atomic mass is 9.70. The number of amides is 3. The molecule has 1 N–H and O–H groups in total. The van der Waals surface area contributed by atoms with Gasteiger partial charge in [-0.15, -0.1) is 13.2 Å². The van der Waals surface area contributed by atoms with Gasteiger partial charge in [-0.3, -0.25) is 19.2 Å². The maximum atomic E-state index is 14.7. The molecule has 3 aliphatic rings. The number of aliphatic hydroxyl groups is 1. The van der Waals surface area contributed by atoms with Crippen molar-refractivity contribution in [3.05, 3.63) is 97.1 Å². The lowest BCUT2D eigenvalue weighted by Crippen LogP contribution is -2.58. The summed E-state index contributed by atoms with van der Waals surface area (Å²) in [5.41, 5.74) is 0.376. The molecule has 3 saturated heterocycles. The number of allylic oxidation sites excluding steroid dienone is 1. The van der Waals surface area contributed by atoms with Crippen LogP contribution in [0.1, 0.15) is 63.2 Å². The van der Waals surface area contributed by atoms with E-state index in [1.807, 2.05) is 74.5 Å². The standard InChI is InChI=1S/C39H49N3O7/c1-6-9-20-31(44)40(5)26(4)34(28-18-14-11-15-19-28)48-38(47)32-30-21-22-39(49-30)33(32)36(45)42(29(8-3)25-43)35(39)37(46)41(23-7-2)24-27-16-12-10-13-17-27/h6-7,10-19,26,29-30,32-35,43H,1-2,8-9,20-25H2,3-5H3/t26-,29-,30+,32-,33-,34+,35+,39-/m0/s1. The number of likely N-dealkylation sites (N-methyl/N-ethyl adjacent to an activating group) is 1. The molecule has 1 spiro atoms. The van der Waals surface area contributed by atoms with Gasteiger partial charge in [0.15, 0.2) is 0 Å². The van der Waals surface area contributed by atoms with Gasteiger partial charge in [-0.05, 0) is 43.7 Å². The molecule has 3 aliphatic heterocycles. The predicted octanol–water partition coefficient (Wildman–Crippen LogP) is 4.44. The van der Waals surface area contributed by atoms with Crippen molar-refractivity contribution in [3.63, 3.8) is 0 Å². The number of esters is 1. The molecule has 49 heavy (non-hydrogen) atoms. The molecule has 5 rings (SSSR count). The van der Waals surface area contributed by atoms with Crippen LogP contribution in [-0.4, -0.2) is 93.5 Å². The first kappa shape index (κ1) is 36.0. The molecule has 3 heterocycles. The van der Waals surface area contributed by atoms with Crippen LogP contribution in [0.5, 0.6) is 0 Å². The summed E-state index contributed by atoms with van der Waals surface area (Å²) in [6.45, 7) is 11.5. The summed E-state index contributed by atoms with van der Waals surface area (Å²) in [7, 11) is 1.69. The maximum Gasteiger partial charge on any atom is 0.313 e. The summed E-state index contributed by atoms with van der Waals surface area (Å²) in [4.78, 5) is 61.3. The van der Waals surface area contributed by atoms with E-state index in [1.165, 1.54) is 4.90 Å². The van der Waals surface area contributed by atoms with E-state index in [0.717, 1.165) is 5.56 Å². The Hall–Kier alpha value is -4.28. The van der Waals surface area contributed by atoms with Crippen molar-refractivity contribution in [2.24, 2.45) is 11.8 Å². The number of benzene rings is 2. The minimum absolute atomic E-state index is 0.108. The number of ether oxygens (including phenoxy) is 2. The van der Waals surface area contributed by atoms with Gasteiger partial charge in [0.05, 0.1) is 36.6 Å². The molecule has 0 unspecified atom stereocenters. The molecule has 2 aromatic carbocycles. The zero-order valence-corrected chi connectivity index (χ0v) is 28.8. The van der Waals surface area contributed by atoms with Crippen LogP contribution in [0.4, 0.5) is 0 Å². The molecule has 262 valence electrons. The van der Waals surface area contributed by atoms with Gasteiger partial charge in [0.2, 0.25) is 17.7 Å². The van der Waals surface area contributed by atoms with E-state index >= 15 is 0 Å². The lowest BCUT2D eigenvalue weighted by Gasteiger charge is -2.39. The second-order valence-electron chi connectivity index (χ2n) is 13.4. The fourth-order valence-electron chi connectivity index (χ4n) is 7.93. The van der Waals surface area contributed by atoms with Crippen LogP contribution in [0, 0.1) is 11.8 Å². The van der Waals surface area contributed by atoms with Crippen molar-refractivity contribution < 1.29 is 33.8 Å². The molecule has 0 aromatic heterocycles. The number of hydrogen-bond donors (Lipinski definition) is 1. The van der Waals surface area contributed by atoms with Crippen molar-refractivity contribution >= 4 is 23.7 Å². The van der Waals surface area contributed by atoms with E-state index in [2.05, 4.69) is 13.2 Å². The molecule has 10 heteroatoms. The summed E-state index contributed by atoms with van der Waals surface area (Å²) < 4.78 is 13.0. The van der Waals surface area contributed by atoms with Crippen LogP contribution >= 0.6 is 0 Å². The van der Waals surface area contributed by atoms with Gasteiger partial charge >= 0.3 is 5.97 Å². The summed E-state index contributed by atoms with van der Waals surface area (Å²) >= 11 is 0. The highest BCUT2D eigenvalue weighted by Crippen LogP contribution is 2.59. The minimum Gasteiger partial charge on any atom is -0.455 e. The van der Waals surface area contributed by atoms with Crippen LogP contribution in [0.2, 0.25) is 0 Å². The van der Waals surface area contributed by atoms with Crippen molar-refractivity contribution in [2.75, 3.05) is 20.2 Å². The van der Waals surface area contributed by atoms with E-state index < -0.39 is 53.7 Å². The topological polar surface area (TPSA) is 117 Å². The number of carbonyl (C=O) groups is 4. The number of aliphatic hydroxyl groups excluding tert-OH is 1. The average molecular weight is 672 g/mol. The number of hydrogen-bond acceptors (Lipinski definition) is 7. The van der Waals surface area contributed by atoms with Gasteiger partial charge < -0.3 is 29.3 Å². The molecule has 0 saturated carbocycles. The van der Waals surface area contributed by atoms with E-state index in [0.29, 0.717) is 37.8 Å². The molecule has 0 aliphatic carbocycles. The van der Waals surface area contributed by atoms with E-state index in [9.17, 15) is 24.3 Å². The Bertz CT molecular complexity index is 1510. The fraction of sp³-hybridized carbons (Fsp3) is 0.487. The molecule has 2 bridgehead atoms. The summed E-state index contributed by atoms with van der Waals surface area (Å²) in [5, 5.41) is 10.4. The van der Waals surface area contributed by atoms with Crippen molar-refractivity contribution in [1.82, 2.24) is 14.7 Å². The Morgan fingerprint density at radius 3 is 2.39 bits per heavy atom. The van der Waals surface area contributed by atoms with Gasteiger partial charge in [-0.25, -0.2) is 0 Å². The van der Waals surface area contributed by atoms with E-state index in [1.54, 1.807) is 29.0 Å². The zero-order valence-electron chi connectivity index (χ0n) is 28.8. The third kappa shape index (κ3) is 6.81. The Morgan fingerprint density at radius 1 is 1.10 bits per heavy atom. The molecule has 3 fully saturated rings. The molecular formula is C39H49N3O7. The summed E-state index contributed by atoms with van der Waals surface area (Å²) in [5.74, 6) is -3.33. The zero-order chi connectivity index (χ0) is 35.3. The Labute approximate surface area is 289 Å². The SMILES string of the molecule is C=CCCC(=O)N(C)[C@@H](C)[C@@H](OC(=O)[C@@H]1[C@H]2C(=O)N([C@@H](CC)CO)[C@H](C(=O)N(CC=C)Cc3ccccc3)[C@]23CC[C@H]1O3)c1ccccc1. The highest BCUT2D eigenvalue weighted by molar-refractivity contribution is 5.98. The van der Waals surface area contributed by atoms with Crippen LogP contribution in [-0.2, 0) is 35.2 Å². The molecular weight excluding hydrogens is 622 g/mol. The molecule has 8 atom stereocenters. The maximum absolute atomic E-state index is 14.7. The van der Waals surface area contributed by atoms with Gasteiger partial charge in [-0.1, -0.05) is 79.7 Å². The third-order valence-electron chi connectivity index (χ3n) is 10.6. The number of rotatable bonds is 16.